The maximum atomic E-state index is 12.0. The molecule has 0 spiro atoms. The Labute approximate surface area is 159 Å². The molecule has 136 valence electrons. The van der Waals surface area contributed by atoms with Crippen molar-refractivity contribution in [3.8, 4) is 11.5 Å². The van der Waals surface area contributed by atoms with Crippen LogP contribution in [0.15, 0.2) is 42.5 Å². The van der Waals surface area contributed by atoms with Crippen LogP contribution in [0.1, 0.15) is 10.4 Å². The molecule has 0 saturated heterocycles. The van der Waals surface area contributed by atoms with Crippen LogP contribution in [0.3, 0.4) is 0 Å². The molecule has 0 aliphatic carbocycles. The second-order valence-electron chi connectivity index (χ2n) is 5.49. The maximum Gasteiger partial charge on any atom is 0.325 e. The van der Waals surface area contributed by atoms with E-state index in [-0.39, 0.29) is 24.8 Å². The van der Waals surface area contributed by atoms with Gasteiger partial charge >= 0.3 is 5.97 Å². The van der Waals surface area contributed by atoms with Gasteiger partial charge in [-0.3, -0.25) is 9.59 Å². The van der Waals surface area contributed by atoms with E-state index >= 15 is 0 Å². The molecule has 8 heteroatoms. The van der Waals surface area contributed by atoms with E-state index in [0.717, 1.165) is 0 Å². The van der Waals surface area contributed by atoms with Gasteiger partial charge in [0.05, 0.1) is 10.0 Å². The highest BCUT2D eigenvalue weighted by atomic mass is 35.5. The predicted octanol–water partition coefficient (Wildman–Crippen LogP) is 3.11. The van der Waals surface area contributed by atoms with E-state index in [4.69, 9.17) is 37.4 Å². The van der Waals surface area contributed by atoms with Crippen molar-refractivity contribution in [2.24, 2.45) is 0 Å². The molecule has 26 heavy (non-hydrogen) atoms. The molecule has 1 amide bonds. The second-order valence-corrected chi connectivity index (χ2v) is 6.31. The number of hydrogen-bond donors (Lipinski definition) is 1. The quantitative estimate of drug-likeness (QED) is 0.787. The molecule has 2 aromatic rings. The first-order valence-corrected chi connectivity index (χ1v) is 8.56. The normalized spacial score (nSPS) is 15.2. The lowest BCUT2D eigenvalue weighted by atomic mass is 10.2. The smallest absolute Gasteiger partial charge is 0.325 e. The number of amides is 1. The number of carbonyl (C=O) groups excluding carboxylic acids is 2. The third-order valence-corrected chi connectivity index (χ3v) is 4.31. The highest BCUT2D eigenvalue weighted by Crippen LogP contribution is 2.30. The van der Waals surface area contributed by atoms with Crippen LogP contribution >= 0.6 is 23.2 Å². The summed E-state index contributed by atoms with van der Waals surface area (Å²) in [5.74, 6) is 0.226. The third-order valence-electron chi connectivity index (χ3n) is 3.57. The summed E-state index contributed by atoms with van der Waals surface area (Å²) in [4.78, 5) is 23.8. The molecule has 6 nitrogen and oxygen atoms in total. The van der Waals surface area contributed by atoms with Gasteiger partial charge in [-0.05, 0) is 30.3 Å². The van der Waals surface area contributed by atoms with Gasteiger partial charge < -0.3 is 19.5 Å². The van der Waals surface area contributed by atoms with Crippen LogP contribution in [0.2, 0.25) is 10.0 Å². The molecule has 0 bridgehead atoms. The summed E-state index contributed by atoms with van der Waals surface area (Å²) in [6.45, 7) is 0.0268. The van der Waals surface area contributed by atoms with Gasteiger partial charge in [-0.15, -0.1) is 0 Å². The van der Waals surface area contributed by atoms with Gasteiger partial charge in [0.25, 0.3) is 5.91 Å². The molecule has 1 N–H and O–H groups in total. The Morgan fingerprint density at radius 1 is 1.12 bits per heavy atom. The molecule has 1 heterocycles. The molecule has 1 aliphatic rings. The van der Waals surface area contributed by atoms with Gasteiger partial charge in [-0.2, -0.15) is 0 Å². The van der Waals surface area contributed by atoms with Gasteiger partial charge in [0.15, 0.2) is 17.6 Å². The lowest BCUT2D eigenvalue weighted by molar-refractivity contribution is -0.145. The third kappa shape index (κ3) is 4.59. The van der Waals surface area contributed by atoms with Crippen LogP contribution < -0.4 is 14.8 Å². The van der Waals surface area contributed by atoms with Crippen LogP contribution in [-0.2, 0) is 9.53 Å². The SMILES string of the molecule is O=C(CNC(=O)c1ccc(Cl)c(Cl)c1)OCC1COc2ccccc2O1. The number of carbonyl (C=O) groups is 2. The van der Waals surface area contributed by atoms with Crippen molar-refractivity contribution < 1.29 is 23.8 Å². The van der Waals surface area contributed by atoms with Crippen molar-refractivity contribution in [2.75, 3.05) is 19.8 Å². The summed E-state index contributed by atoms with van der Waals surface area (Å²) in [7, 11) is 0. The van der Waals surface area contributed by atoms with Gasteiger partial charge in [0, 0.05) is 5.56 Å². The van der Waals surface area contributed by atoms with Crippen LogP contribution in [0, 0.1) is 0 Å². The van der Waals surface area contributed by atoms with E-state index in [0.29, 0.717) is 22.1 Å². The summed E-state index contributed by atoms with van der Waals surface area (Å²) < 4.78 is 16.3. The number of esters is 1. The highest BCUT2D eigenvalue weighted by molar-refractivity contribution is 6.42. The minimum Gasteiger partial charge on any atom is -0.486 e. The fourth-order valence-electron chi connectivity index (χ4n) is 2.27. The molecule has 2 aromatic carbocycles. The molecular formula is C18H15Cl2NO5. The monoisotopic (exact) mass is 395 g/mol. The van der Waals surface area contributed by atoms with Crippen molar-refractivity contribution in [3.63, 3.8) is 0 Å². The first-order valence-electron chi connectivity index (χ1n) is 7.80. The van der Waals surface area contributed by atoms with E-state index in [2.05, 4.69) is 5.32 Å². The molecule has 0 saturated carbocycles. The summed E-state index contributed by atoms with van der Waals surface area (Å²) >= 11 is 11.7. The topological polar surface area (TPSA) is 73.9 Å². The zero-order valence-electron chi connectivity index (χ0n) is 13.5. The van der Waals surface area contributed by atoms with Crippen molar-refractivity contribution in [1.82, 2.24) is 5.32 Å². The maximum absolute atomic E-state index is 12.0. The van der Waals surface area contributed by atoms with Crippen molar-refractivity contribution in [2.45, 2.75) is 6.10 Å². The minimum absolute atomic E-state index is 0.0236. The lowest BCUT2D eigenvalue weighted by Crippen LogP contribution is -2.36. The average Bonchev–Trinajstić information content (AvgIpc) is 2.66. The van der Waals surface area contributed by atoms with E-state index in [9.17, 15) is 9.59 Å². The number of hydrogen-bond acceptors (Lipinski definition) is 5. The average molecular weight is 396 g/mol. The number of para-hydroxylation sites is 2. The molecule has 1 aliphatic heterocycles. The molecule has 1 atom stereocenters. The minimum atomic E-state index is -0.583. The molecule has 0 fully saturated rings. The van der Waals surface area contributed by atoms with Crippen molar-refractivity contribution >= 4 is 35.1 Å². The number of ether oxygens (including phenoxy) is 3. The van der Waals surface area contributed by atoms with Crippen LogP contribution in [-0.4, -0.2) is 37.7 Å². The first-order chi connectivity index (χ1) is 12.5. The molecule has 0 radical (unpaired) electrons. The number of rotatable bonds is 5. The lowest BCUT2D eigenvalue weighted by Gasteiger charge is -2.26. The summed E-state index contributed by atoms with van der Waals surface area (Å²) in [6.07, 6.45) is -0.403. The first kappa shape index (κ1) is 18.4. The Bertz CT molecular complexity index is 827. The van der Waals surface area contributed by atoms with Crippen LogP contribution in [0.4, 0.5) is 0 Å². The van der Waals surface area contributed by atoms with E-state index < -0.39 is 18.0 Å². The van der Waals surface area contributed by atoms with Crippen molar-refractivity contribution in [1.29, 1.82) is 0 Å². The van der Waals surface area contributed by atoms with Crippen molar-refractivity contribution in [3.05, 3.63) is 58.1 Å². The van der Waals surface area contributed by atoms with Gasteiger partial charge in [0.2, 0.25) is 0 Å². The molecule has 3 rings (SSSR count). The summed E-state index contributed by atoms with van der Waals surface area (Å²) in [5, 5.41) is 3.07. The Kier molecular flexibility index (Phi) is 5.85. The second kappa shape index (κ2) is 8.29. The van der Waals surface area contributed by atoms with E-state index in [1.54, 1.807) is 12.1 Å². The summed E-state index contributed by atoms with van der Waals surface area (Å²) in [6, 6.07) is 11.7. The van der Waals surface area contributed by atoms with E-state index in [1.807, 2.05) is 12.1 Å². The Hall–Kier alpha value is -2.44. The highest BCUT2D eigenvalue weighted by Gasteiger charge is 2.22. The largest absolute Gasteiger partial charge is 0.486 e. The van der Waals surface area contributed by atoms with E-state index in [1.165, 1.54) is 18.2 Å². The zero-order valence-corrected chi connectivity index (χ0v) is 15.0. The number of halogens is 2. The fourth-order valence-corrected chi connectivity index (χ4v) is 2.57. The van der Waals surface area contributed by atoms with Gasteiger partial charge in [-0.25, -0.2) is 0 Å². The Balaban J connectivity index is 1.43. The van der Waals surface area contributed by atoms with Crippen LogP contribution in [0.25, 0.3) is 0 Å². The van der Waals surface area contributed by atoms with Gasteiger partial charge in [-0.1, -0.05) is 35.3 Å². The number of nitrogens with one attached hydrogen (secondary N) is 1. The summed E-state index contributed by atoms with van der Waals surface area (Å²) in [5.41, 5.74) is 0.299. The standard InChI is InChI=1S/C18H15Cl2NO5/c19-13-6-5-11(7-14(13)20)18(23)21-8-17(22)25-10-12-9-24-15-3-1-2-4-16(15)26-12/h1-7,12H,8-10H2,(H,21,23). The van der Waals surface area contributed by atoms with Crippen LogP contribution in [0.5, 0.6) is 11.5 Å². The number of fused-ring (bicyclic) bond motifs is 1. The van der Waals surface area contributed by atoms with Gasteiger partial charge in [0.1, 0.15) is 19.8 Å². The number of benzene rings is 2. The zero-order chi connectivity index (χ0) is 18.5. The fraction of sp³-hybridized carbons (Fsp3) is 0.222. The Morgan fingerprint density at radius 2 is 1.88 bits per heavy atom. The molecular weight excluding hydrogens is 381 g/mol. The Morgan fingerprint density at radius 3 is 2.65 bits per heavy atom. The predicted molar refractivity (Wildman–Crippen MR) is 96.1 cm³/mol. The molecule has 0 aromatic heterocycles. The molecule has 1 unspecified atom stereocenters.